The lowest BCUT2D eigenvalue weighted by Gasteiger charge is -2.12. The third-order valence-corrected chi connectivity index (χ3v) is 4.86. The predicted octanol–water partition coefficient (Wildman–Crippen LogP) is 5.30. The van der Waals surface area contributed by atoms with Crippen LogP contribution in [-0.4, -0.2) is 36.7 Å². The van der Waals surface area contributed by atoms with E-state index < -0.39 is 5.51 Å². The fourth-order valence-electron chi connectivity index (χ4n) is 2.38. The lowest BCUT2D eigenvalue weighted by molar-refractivity contribution is -0.0329. The van der Waals surface area contributed by atoms with E-state index in [1.54, 1.807) is 28.6 Å². The highest BCUT2D eigenvalue weighted by molar-refractivity contribution is 8.00. The second-order valence-electron chi connectivity index (χ2n) is 5.78. The SMILES string of the molecule is CCSc1cc(OC(C)C)cnc1-c1cn2cnc(SC(F)(F)F)cc2n1. The van der Waals surface area contributed by atoms with E-state index >= 15 is 0 Å². The van der Waals surface area contributed by atoms with Crippen LogP contribution >= 0.6 is 23.5 Å². The summed E-state index contributed by atoms with van der Waals surface area (Å²) in [4.78, 5) is 13.6. The highest BCUT2D eigenvalue weighted by Crippen LogP contribution is 2.36. The summed E-state index contributed by atoms with van der Waals surface area (Å²) in [6.07, 6.45) is 4.68. The maximum absolute atomic E-state index is 12.5. The van der Waals surface area contributed by atoms with E-state index in [9.17, 15) is 13.2 Å². The minimum absolute atomic E-state index is 0.0305. The molecule has 0 atom stereocenters. The van der Waals surface area contributed by atoms with E-state index in [2.05, 4.69) is 15.0 Å². The number of alkyl halides is 3. The zero-order valence-corrected chi connectivity index (χ0v) is 16.5. The molecular weight excluding hydrogens is 397 g/mol. The Balaban J connectivity index is 1.98. The molecule has 144 valence electrons. The first-order chi connectivity index (χ1) is 12.7. The van der Waals surface area contributed by atoms with Crippen molar-refractivity contribution < 1.29 is 17.9 Å². The van der Waals surface area contributed by atoms with Crippen molar-refractivity contribution in [1.29, 1.82) is 0 Å². The molecule has 0 bridgehead atoms. The maximum atomic E-state index is 12.5. The molecule has 0 fully saturated rings. The van der Waals surface area contributed by atoms with Crippen molar-refractivity contribution in [2.75, 3.05) is 5.75 Å². The van der Waals surface area contributed by atoms with Gasteiger partial charge in [-0.15, -0.1) is 11.8 Å². The van der Waals surface area contributed by atoms with Crippen LogP contribution in [0.2, 0.25) is 0 Å². The van der Waals surface area contributed by atoms with E-state index in [4.69, 9.17) is 4.74 Å². The van der Waals surface area contributed by atoms with E-state index in [-0.39, 0.29) is 22.9 Å². The summed E-state index contributed by atoms with van der Waals surface area (Å²) in [5.41, 5.74) is -2.78. The number of hydrogen-bond acceptors (Lipinski definition) is 6. The summed E-state index contributed by atoms with van der Waals surface area (Å²) in [7, 11) is 0. The van der Waals surface area contributed by atoms with Gasteiger partial charge in [-0.05, 0) is 25.7 Å². The molecule has 3 rings (SSSR count). The molecule has 27 heavy (non-hydrogen) atoms. The van der Waals surface area contributed by atoms with Crippen LogP contribution in [0.25, 0.3) is 17.0 Å². The molecule has 3 heterocycles. The van der Waals surface area contributed by atoms with Crippen LogP contribution in [-0.2, 0) is 0 Å². The molecule has 0 saturated carbocycles. The number of hydrogen-bond donors (Lipinski definition) is 0. The van der Waals surface area contributed by atoms with Crippen molar-refractivity contribution in [3.63, 3.8) is 0 Å². The first kappa shape index (κ1) is 19.8. The third-order valence-electron chi connectivity index (χ3n) is 3.29. The molecule has 3 aromatic rings. The lowest BCUT2D eigenvalue weighted by atomic mass is 10.3. The maximum Gasteiger partial charge on any atom is 0.447 e. The Morgan fingerprint density at radius 1 is 1.22 bits per heavy atom. The van der Waals surface area contributed by atoms with Gasteiger partial charge in [-0.25, -0.2) is 15.0 Å². The second-order valence-corrected chi connectivity index (χ2v) is 8.18. The Kier molecular flexibility index (Phi) is 5.85. The number of thioether (sulfide) groups is 2. The average Bonchev–Trinajstić information content (AvgIpc) is 2.96. The quantitative estimate of drug-likeness (QED) is 0.403. The van der Waals surface area contributed by atoms with Gasteiger partial charge in [0.25, 0.3) is 0 Å². The smallest absolute Gasteiger partial charge is 0.447 e. The zero-order chi connectivity index (χ0) is 19.6. The molecule has 3 aromatic heterocycles. The number of fused-ring (bicyclic) bond motifs is 1. The number of imidazole rings is 1. The standard InChI is InChI=1S/C17H17F3N4OS2/c1-4-26-13-5-11(25-10(2)3)7-21-16(13)12-8-24-9-22-15(6-14(24)23-12)27-17(18,19)20/h5-10H,4H2,1-3H3. The fraction of sp³-hybridized carbons (Fsp3) is 0.353. The minimum Gasteiger partial charge on any atom is -0.489 e. The van der Waals surface area contributed by atoms with Crippen LogP contribution in [0.1, 0.15) is 20.8 Å². The van der Waals surface area contributed by atoms with Gasteiger partial charge in [-0.3, -0.25) is 4.40 Å². The molecule has 0 radical (unpaired) electrons. The Morgan fingerprint density at radius 3 is 2.67 bits per heavy atom. The van der Waals surface area contributed by atoms with Gasteiger partial charge in [0.05, 0.1) is 12.3 Å². The second kappa shape index (κ2) is 7.97. The Morgan fingerprint density at radius 2 is 2.00 bits per heavy atom. The molecule has 0 aromatic carbocycles. The van der Waals surface area contributed by atoms with Crippen LogP contribution in [0.3, 0.4) is 0 Å². The number of halogens is 3. The summed E-state index contributed by atoms with van der Waals surface area (Å²) in [6, 6.07) is 3.22. The predicted molar refractivity (Wildman–Crippen MR) is 100 cm³/mol. The molecule has 0 aliphatic heterocycles. The van der Waals surface area contributed by atoms with Crippen LogP contribution in [0, 0.1) is 0 Å². The summed E-state index contributed by atoms with van der Waals surface area (Å²) in [6.45, 7) is 5.90. The molecule has 0 aliphatic rings. The number of nitrogens with zero attached hydrogens (tertiary/aromatic N) is 4. The van der Waals surface area contributed by atoms with E-state index in [0.717, 1.165) is 10.6 Å². The summed E-state index contributed by atoms with van der Waals surface area (Å²) in [5.74, 6) is 1.50. The van der Waals surface area contributed by atoms with E-state index in [1.807, 2.05) is 26.8 Å². The molecular formula is C17H17F3N4OS2. The van der Waals surface area contributed by atoms with Gasteiger partial charge >= 0.3 is 5.51 Å². The van der Waals surface area contributed by atoms with Gasteiger partial charge in [-0.2, -0.15) is 13.2 Å². The van der Waals surface area contributed by atoms with Crippen LogP contribution in [0.5, 0.6) is 5.75 Å². The number of aromatic nitrogens is 4. The van der Waals surface area contributed by atoms with Crippen molar-refractivity contribution in [2.45, 2.75) is 42.3 Å². The van der Waals surface area contributed by atoms with Gasteiger partial charge in [0.1, 0.15) is 34.1 Å². The average molecular weight is 414 g/mol. The first-order valence-corrected chi connectivity index (χ1v) is 9.95. The van der Waals surface area contributed by atoms with Crippen molar-refractivity contribution in [3.05, 3.63) is 30.9 Å². The van der Waals surface area contributed by atoms with Gasteiger partial charge < -0.3 is 4.74 Å². The Bertz CT molecular complexity index is 944. The van der Waals surface area contributed by atoms with Crippen LogP contribution in [0.15, 0.2) is 40.8 Å². The molecule has 0 spiro atoms. The van der Waals surface area contributed by atoms with Crippen molar-refractivity contribution in [3.8, 4) is 17.1 Å². The van der Waals surface area contributed by atoms with Gasteiger partial charge in [0.2, 0.25) is 0 Å². The Hall–Kier alpha value is -1.94. The van der Waals surface area contributed by atoms with Gasteiger partial charge in [0.15, 0.2) is 0 Å². The van der Waals surface area contributed by atoms with Crippen LogP contribution in [0.4, 0.5) is 13.2 Å². The molecule has 0 aliphatic carbocycles. The molecule has 0 saturated heterocycles. The zero-order valence-electron chi connectivity index (χ0n) is 14.8. The molecule has 10 heteroatoms. The first-order valence-electron chi connectivity index (χ1n) is 8.15. The van der Waals surface area contributed by atoms with E-state index in [0.29, 0.717) is 22.8 Å². The molecule has 0 amide bonds. The van der Waals surface area contributed by atoms with Crippen molar-refractivity contribution in [2.24, 2.45) is 0 Å². The molecule has 0 unspecified atom stereocenters. The highest BCUT2D eigenvalue weighted by Gasteiger charge is 2.30. The highest BCUT2D eigenvalue weighted by atomic mass is 32.2. The third kappa shape index (κ3) is 5.07. The van der Waals surface area contributed by atoms with Crippen LogP contribution < -0.4 is 4.74 Å². The van der Waals surface area contributed by atoms with Gasteiger partial charge in [0, 0.05) is 28.9 Å². The van der Waals surface area contributed by atoms with Crippen molar-refractivity contribution in [1.82, 2.24) is 19.4 Å². The fourth-order valence-corrected chi connectivity index (χ4v) is 3.69. The summed E-state index contributed by atoms with van der Waals surface area (Å²) >= 11 is 1.34. The van der Waals surface area contributed by atoms with Crippen molar-refractivity contribution >= 4 is 29.2 Å². The normalized spacial score (nSPS) is 12.1. The topological polar surface area (TPSA) is 52.3 Å². The number of ether oxygens (including phenoxy) is 1. The van der Waals surface area contributed by atoms with E-state index in [1.165, 1.54) is 12.4 Å². The minimum atomic E-state index is -4.39. The largest absolute Gasteiger partial charge is 0.489 e. The van der Waals surface area contributed by atoms with Gasteiger partial charge in [-0.1, -0.05) is 6.92 Å². The number of pyridine rings is 1. The lowest BCUT2D eigenvalue weighted by Crippen LogP contribution is -2.06. The molecule has 0 N–H and O–H groups in total. The Labute approximate surface area is 162 Å². The summed E-state index contributed by atoms with van der Waals surface area (Å²) < 4.78 is 44.9. The molecule has 5 nitrogen and oxygen atoms in total. The number of rotatable bonds is 6. The summed E-state index contributed by atoms with van der Waals surface area (Å²) in [5, 5.41) is -0.149. The monoisotopic (exact) mass is 414 g/mol.